The fourth-order valence-corrected chi connectivity index (χ4v) is 6.51. The molecule has 0 saturated carbocycles. The van der Waals surface area contributed by atoms with E-state index in [1.807, 2.05) is 54.6 Å². The minimum Gasteiger partial charge on any atom is -0.508 e. The lowest BCUT2D eigenvalue weighted by molar-refractivity contribution is 0.368. The van der Waals surface area contributed by atoms with Crippen molar-refractivity contribution in [1.29, 1.82) is 0 Å². The molecule has 0 aliphatic rings. The van der Waals surface area contributed by atoms with E-state index in [0.717, 1.165) is 36.0 Å². The molecule has 7 heteroatoms. The zero-order valence-corrected chi connectivity index (χ0v) is 36.0. The van der Waals surface area contributed by atoms with Crippen LogP contribution < -0.4 is 0 Å². The van der Waals surface area contributed by atoms with Crippen LogP contribution in [-0.4, -0.2) is 30.0 Å². The summed E-state index contributed by atoms with van der Waals surface area (Å²) in [4.78, 5) is 21.7. The maximum absolute atomic E-state index is 9.61. The Balaban J connectivity index is 0.000000757. The summed E-state index contributed by atoms with van der Waals surface area (Å²) in [6.45, 7) is 6.77. The summed E-state index contributed by atoms with van der Waals surface area (Å²) in [6.07, 6.45) is 35.2. The zero-order valence-electron chi connectivity index (χ0n) is 35.2. The molecule has 55 heavy (non-hydrogen) atoms. The average Bonchev–Trinajstić information content (AvgIpc) is 3.17. The summed E-state index contributed by atoms with van der Waals surface area (Å²) in [7, 11) is -2.62. The van der Waals surface area contributed by atoms with E-state index >= 15 is 0 Å². The zero-order chi connectivity index (χ0) is 40.6. The summed E-state index contributed by atoms with van der Waals surface area (Å²) >= 11 is 0. The van der Waals surface area contributed by atoms with Crippen molar-refractivity contribution in [3.63, 3.8) is 0 Å². The number of rotatable bonds is 27. The summed E-state index contributed by atoms with van der Waals surface area (Å²) in [6, 6.07) is 23.1. The second kappa shape index (κ2) is 39.6. The minimum atomic E-state index is -2.62. The Hall–Kier alpha value is -2.63. The topological polar surface area (TPSA) is 121 Å². The third-order valence-corrected chi connectivity index (χ3v) is 9.87. The molecule has 0 atom stereocenters. The fourth-order valence-electron chi connectivity index (χ4n) is 6.51. The Morgan fingerprint density at radius 1 is 0.309 bits per heavy atom. The lowest BCUT2D eigenvalue weighted by Crippen LogP contribution is -1.87. The first-order chi connectivity index (χ1) is 26.8. The summed E-state index contributed by atoms with van der Waals surface area (Å²) in [5, 5.41) is 28.8. The summed E-state index contributed by atoms with van der Waals surface area (Å²) in [5.74, 6) is 1.36. The highest BCUT2D eigenvalue weighted by Gasteiger charge is 2.01. The van der Waals surface area contributed by atoms with E-state index in [-0.39, 0.29) is 0 Å². The molecule has 0 radical (unpaired) electrons. The Labute approximate surface area is 338 Å². The van der Waals surface area contributed by atoms with E-state index in [2.05, 4.69) is 20.8 Å². The number of hydrogen-bond acceptors (Lipinski definition) is 6. The van der Waals surface area contributed by atoms with Crippen LogP contribution >= 0.6 is 8.60 Å². The molecule has 314 valence electrons. The lowest BCUT2D eigenvalue weighted by atomic mass is 10.0. The molecule has 6 N–H and O–H groups in total. The van der Waals surface area contributed by atoms with Gasteiger partial charge in [-0.1, -0.05) is 210 Å². The first kappa shape index (κ1) is 52.4. The molecule has 0 heterocycles. The second-order valence-electron chi connectivity index (χ2n) is 14.8. The average molecular weight is 785 g/mol. The van der Waals surface area contributed by atoms with E-state index in [0.29, 0.717) is 17.2 Å². The molecule has 3 aromatic carbocycles. The largest absolute Gasteiger partial charge is 0.508 e. The van der Waals surface area contributed by atoms with Crippen LogP contribution in [0, 0.1) is 0 Å². The molecule has 0 aliphatic heterocycles. The van der Waals surface area contributed by atoms with Gasteiger partial charge in [-0.2, -0.15) is 0 Å². The first-order valence-electron chi connectivity index (χ1n) is 21.9. The fraction of sp³-hybridized carbons (Fsp3) is 0.625. The lowest BCUT2D eigenvalue weighted by Gasteiger charge is -2.04. The standard InChI is InChI=1S/3C16H26O.H3O3P/c3*1-2-3-4-5-6-7-8-9-12-15-13-10-11-14-16(15)17;1-4(2)3/h3*10-11,13-14,17H,2-9,12H2,1H3;1-3H. The van der Waals surface area contributed by atoms with E-state index in [1.165, 1.54) is 154 Å². The van der Waals surface area contributed by atoms with Crippen LogP contribution in [0.25, 0.3) is 0 Å². The number of hydrogen-bond donors (Lipinski definition) is 6. The highest BCUT2D eigenvalue weighted by Crippen LogP contribution is 2.21. The van der Waals surface area contributed by atoms with E-state index < -0.39 is 8.60 Å². The van der Waals surface area contributed by atoms with E-state index in [1.54, 1.807) is 18.2 Å². The molecule has 0 aliphatic carbocycles. The Bertz CT molecular complexity index is 1090. The van der Waals surface area contributed by atoms with Gasteiger partial charge in [0.05, 0.1) is 0 Å². The SMILES string of the molecule is CCCCCCCCCCc1ccccc1O.CCCCCCCCCCc1ccccc1O.CCCCCCCCCCc1ccccc1O.OP(O)O. The number of benzene rings is 3. The monoisotopic (exact) mass is 785 g/mol. The van der Waals surface area contributed by atoms with Crippen LogP contribution in [-0.2, 0) is 19.3 Å². The molecule has 0 saturated heterocycles. The van der Waals surface area contributed by atoms with Gasteiger partial charge in [-0.05, 0) is 73.4 Å². The van der Waals surface area contributed by atoms with Crippen molar-refractivity contribution >= 4 is 8.60 Å². The van der Waals surface area contributed by atoms with Crippen LogP contribution in [0.1, 0.15) is 192 Å². The van der Waals surface area contributed by atoms with Crippen molar-refractivity contribution in [2.75, 3.05) is 0 Å². The molecule has 3 aromatic rings. The van der Waals surface area contributed by atoms with Crippen molar-refractivity contribution < 1.29 is 30.0 Å². The first-order valence-corrected chi connectivity index (χ1v) is 23.1. The second-order valence-corrected chi connectivity index (χ2v) is 15.4. The molecule has 0 unspecified atom stereocenters. The molecular formula is C48H81O6P. The van der Waals surface area contributed by atoms with Crippen LogP contribution in [0.2, 0.25) is 0 Å². The third-order valence-electron chi connectivity index (χ3n) is 9.87. The number of phenolic OH excluding ortho intramolecular Hbond substituents is 3. The number of para-hydroxylation sites is 3. The van der Waals surface area contributed by atoms with Gasteiger partial charge < -0.3 is 30.0 Å². The van der Waals surface area contributed by atoms with Crippen molar-refractivity contribution in [2.24, 2.45) is 0 Å². The van der Waals surface area contributed by atoms with Gasteiger partial charge in [0.1, 0.15) is 17.2 Å². The van der Waals surface area contributed by atoms with Crippen LogP contribution in [0.5, 0.6) is 17.2 Å². The van der Waals surface area contributed by atoms with Gasteiger partial charge in [-0.25, -0.2) is 0 Å². The minimum absolute atomic E-state index is 0.454. The Morgan fingerprint density at radius 2 is 0.491 bits per heavy atom. The summed E-state index contributed by atoms with van der Waals surface area (Å²) in [5.41, 5.74) is 3.29. The van der Waals surface area contributed by atoms with Gasteiger partial charge in [0.2, 0.25) is 0 Å². The highest BCUT2D eigenvalue weighted by molar-refractivity contribution is 7.38. The molecular weight excluding hydrogens is 703 g/mol. The van der Waals surface area contributed by atoms with Crippen molar-refractivity contribution in [3.05, 3.63) is 89.5 Å². The highest BCUT2D eigenvalue weighted by atomic mass is 31.2. The van der Waals surface area contributed by atoms with Gasteiger partial charge >= 0.3 is 8.60 Å². The predicted molar refractivity (Wildman–Crippen MR) is 237 cm³/mol. The molecule has 0 bridgehead atoms. The maximum Gasteiger partial charge on any atom is 0.324 e. The van der Waals surface area contributed by atoms with Crippen molar-refractivity contribution in [2.45, 2.75) is 194 Å². The van der Waals surface area contributed by atoms with Gasteiger partial charge in [0, 0.05) is 0 Å². The van der Waals surface area contributed by atoms with Gasteiger partial charge in [0.25, 0.3) is 0 Å². The molecule has 0 spiro atoms. The quantitative estimate of drug-likeness (QED) is 0.0338. The van der Waals surface area contributed by atoms with Gasteiger partial charge in [0.15, 0.2) is 0 Å². The molecule has 6 nitrogen and oxygen atoms in total. The summed E-state index contributed by atoms with van der Waals surface area (Å²) < 4.78 is 0. The number of aromatic hydroxyl groups is 3. The van der Waals surface area contributed by atoms with Gasteiger partial charge in [-0.15, -0.1) is 0 Å². The smallest absolute Gasteiger partial charge is 0.324 e. The number of unbranched alkanes of at least 4 members (excludes halogenated alkanes) is 21. The van der Waals surface area contributed by atoms with Crippen molar-refractivity contribution in [3.8, 4) is 17.2 Å². The predicted octanol–water partition coefficient (Wildman–Crippen LogP) is 14.4. The van der Waals surface area contributed by atoms with Crippen LogP contribution in [0.3, 0.4) is 0 Å². The third kappa shape index (κ3) is 34.4. The molecule has 0 aromatic heterocycles. The van der Waals surface area contributed by atoms with Crippen LogP contribution in [0.15, 0.2) is 72.8 Å². The molecule has 0 amide bonds. The number of phenols is 3. The van der Waals surface area contributed by atoms with E-state index in [4.69, 9.17) is 14.7 Å². The normalized spacial score (nSPS) is 10.5. The Morgan fingerprint density at radius 3 is 0.691 bits per heavy atom. The number of aryl methyl sites for hydroxylation is 3. The Kier molecular flexibility index (Phi) is 37.7. The van der Waals surface area contributed by atoms with E-state index in [9.17, 15) is 15.3 Å². The maximum atomic E-state index is 9.61. The van der Waals surface area contributed by atoms with Crippen molar-refractivity contribution in [1.82, 2.24) is 0 Å². The van der Waals surface area contributed by atoms with Gasteiger partial charge in [-0.3, -0.25) is 0 Å². The molecule has 3 rings (SSSR count). The van der Waals surface area contributed by atoms with Crippen LogP contribution in [0.4, 0.5) is 0 Å². The molecule has 0 fully saturated rings.